The third-order valence-corrected chi connectivity index (χ3v) is 6.34. The lowest BCUT2D eigenvalue weighted by atomic mass is 10.1. The number of alkyl halides is 3. The molecule has 0 radical (unpaired) electrons. The van der Waals surface area contributed by atoms with E-state index >= 15 is 0 Å². The van der Waals surface area contributed by atoms with Crippen molar-refractivity contribution in [1.29, 1.82) is 0 Å². The number of sulfonamides is 1. The van der Waals surface area contributed by atoms with Gasteiger partial charge in [-0.05, 0) is 30.3 Å². The molecule has 8 nitrogen and oxygen atoms in total. The van der Waals surface area contributed by atoms with Crippen molar-refractivity contribution in [1.82, 2.24) is 9.29 Å². The number of pyridine rings is 1. The predicted molar refractivity (Wildman–Crippen MR) is 104 cm³/mol. The second-order valence-electron chi connectivity index (χ2n) is 6.56. The first-order valence-corrected chi connectivity index (χ1v) is 10.6. The highest BCUT2D eigenvalue weighted by Gasteiger charge is 2.32. The number of nitrogens with zero attached hydrogens (tertiary/aromatic N) is 3. The highest BCUT2D eigenvalue weighted by atomic mass is 32.2. The average Bonchev–Trinajstić information content (AvgIpc) is 2.74. The summed E-state index contributed by atoms with van der Waals surface area (Å²) < 4.78 is 72.2. The van der Waals surface area contributed by atoms with Crippen LogP contribution in [0.15, 0.2) is 52.6 Å². The summed E-state index contributed by atoms with van der Waals surface area (Å²) in [6, 6.07) is 7.62. The summed E-state index contributed by atoms with van der Waals surface area (Å²) in [6.45, 7) is 0.597. The minimum absolute atomic E-state index is 0.106. The summed E-state index contributed by atoms with van der Waals surface area (Å²) in [6.07, 6.45) is -2.46. The van der Waals surface area contributed by atoms with Crippen molar-refractivity contribution in [3.05, 3.63) is 48.2 Å². The Morgan fingerprint density at radius 2 is 1.77 bits per heavy atom. The Morgan fingerprint density at radius 3 is 2.32 bits per heavy atom. The molecule has 0 N–H and O–H groups in total. The first-order chi connectivity index (χ1) is 14.7. The number of rotatable bonds is 7. The first kappa shape index (κ1) is 22.8. The van der Waals surface area contributed by atoms with Gasteiger partial charge in [0.1, 0.15) is 12.4 Å². The third kappa shape index (κ3) is 6.31. The molecule has 31 heavy (non-hydrogen) atoms. The number of benzene rings is 1. The molecule has 0 aliphatic carbocycles. The molecule has 1 aromatic carbocycles. The molecule has 0 unspecified atom stereocenters. The van der Waals surface area contributed by atoms with E-state index < -0.39 is 22.1 Å². The van der Waals surface area contributed by atoms with Gasteiger partial charge >= 0.3 is 6.36 Å². The Bertz CT molecular complexity index is 1000. The largest absolute Gasteiger partial charge is 0.573 e. The number of halogens is 3. The Hall–Kier alpha value is -2.86. The quantitative estimate of drug-likeness (QED) is 0.590. The van der Waals surface area contributed by atoms with Crippen LogP contribution in [-0.4, -0.2) is 50.0 Å². The van der Waals surface area contributed by atoms with Gasteiger partial charge in [0.2, 0.25) is 15.9 Å². The maximum atomic E-state index is 12.7. The van der Waals surface area contributed by atoms with Crippen molar-refractivity contribution in [2.45, 2.75) is 30.7 Å². The van der Waals surface area contributed by atoms with Gasteiger partial charge in [-0.3, -0.25) is 0 Å². The van der Waals surface area contributed by atoms with E-state index in [0.717, 1.165) is 35.5 Å². The number of piperidine rings is 1. The van der Waals surface area contributed by atoms with Crippen LogP contribution in [0.4, 0.5) is 13.2 Å². The van der Waals surface area contributed by atoms with Gasteiger partial charge in [0, 0.05) is 43.8 Å². The Morgan fingerprint density at radius 1 is 1.10 bits per heavy atom. The van der Waals surface area contributed by atoms with Crippen molar-refractivity contribution >= 4 is 15.7 Å². The first-order valence-electron chi connectivity index (χ1n) is 9.20. The standard InChI is InChI=1S/C19H20F3N3O5S/c1-28-18-7-2-14(12-23-18)13-29-24-15-8-10-25(11-9-15)31(26,27)17-5-3-16(4-6-17)30-19(20,21)22/h2-7,12H,8-11,13H2,1H3. The molecule has 0 bridgehead atoms. The van der Waals surface area contributed by atoms with E-state index in [9.17, 15) is 21.6 Å². The Labute approximate surface area is 177 Å². The minimum atomic E-state index is -4.84. The summed E-state index contributed by atoms with van der Waals surface area (Å²) in [7, 11) is -2.31. The van der Waals surface area contributed by atoms with Crippen molar-refractivity contribution in [3.63, 3.8) is 0 Å². The number of hydrogen-bond donors (Lipinski definition) is 0. The fourth-order valence-electron chi connectivity index (χ4n) is 2.85. The van der Waals surface area contributed by atoms with Gasteiger partial charge in [-0.25, -0.2) is 13.4 Å². The number of aromatic nitrogens is 1. The fraction of sp³-hybridized carbons (Fsp3) is 0.368. The molecule has 0 amide bonds. The van der Waals surface area contributed by atoms with E-state index in [-0.39, 0.29) is 24.6 Å². The average molecular weight is 459 g/mol. The monoisotopic (exact) mass is 459 g/mol. The molecule has 0 spiro atoms. The van der Waals surface area contributed by atoms with Gasteiger partial charge in [0.25, 0.3) is 0 Å². The topological polar surface area (TPSA) is 90.3 Å². The van der Waals surface area contributed by atoms with E-state index in [4.69, 9.17) is 9.57 Å². The summed E-state index contributed by atoms with van der Waals surface area (Å²) in [4.78, 5) is 9.28. The lowest BCUT2D eigenvalue weighted by Gasteiger charge is -2.26. The molecule has 2 aromatic rings. The number of ether oxygens (including phenoxy) is 2. The molecule has 1 aromatic heterocycles. The molecule has 168 valence electrons. The summed E-state index contributed by atoms with van der Waals surface area (Å²) in [5, 5.41) is 4.07. The van der Waals surface area contributed by atoms with E-state index in [2.05, 4.69) is 14.9 Å². The molecule has 3 rings (SSSR count). The molecule has 1 aliphatic rings. The molecular weight excluding hydrogens is 439 g/mol. The number of methoxy groups -OCH3 is 1. The van der Waals surface area contributed by atoms with Crippen molar-refractivity contribution < 1.29 is 35.9 Å². The smallest absolute Gasteiger partial charge is 0.481 e. The van der Waals surface area contributed by atoms with E-state index in [1.54, 1.807) is 18.3 Å². The highest BCUT2D eigenvalue weighted by molar-refractivity contribution is 7.89. The van der Waals surface area contributed by atoms with Crippen LogP contribution >= 0.6 is 0 Å². The van der Waals surface area contributed by atoms with Gasteiger partial charge in [-0.15, -0.1) is 13.2 Å². The summed E-state index contributed by atoms with van der Waals surface area (Å²) in [5.74, 6) is 0.00915. The Balaban J connectivity index is 1.53. The van der Waals surface area contributed by atoms with E-state index in [1.807, 2.05) is 0 Å². The van der Waals surface area contributed by atoms with Gasteiger partial charge < -0.3 is 14.3 Å². The van der Waals surface area contributed by atoms with Crippen LogP contribution in [0.2, 0.25) is 0 Å². The zero-order valence-electron chi connectivity index (χ0n) is 16.5. The molecule has 1 fully saturated rings. The van der Waals surface area contributed by atoms with Crippen LogP contribution in [0.5, 0.6) is 11.6 Å². The molecule has 1 aliphatic heterocycles. The molecule has 1 saturated heterocycles. The van der Waals surface area contributed by atoms with Crippen LogP contribution in [0.1, 0.15) is 18.4 Å². The van der Waals surface area contributed by atoms with Crippen LogP contribution in [-0.2, 0) is 21.5 Å². The van der Waals surface area contributed by atoms with Crippen LogP contribution < -0.4 is 9.47 Å². The van der Waals surface area contributed by atoms with Crippen LogP contribution in [0.25, 0.3) is 0 Å². The molecule has 0 atom stereocenters. The highest BCUT2D eigenvalue weighted by Crippen LogP contribution is 2.26. The number of oxime groups is 1. The lowest BCUT2D eigenvalue weighted by molar-refractivity contribution is -0.274. The maximum absolute atomic E-state index is 12.7. The molecule has 0 saturated carbocycles. The summed E-state index contributed by atoms with van der Waals surface area (Å²) in [5.41, 5.74) is 1.53. The molecular formula is C19H20F3N3O5S. The van der Waals surface area contributed by atoms with Gasteiger partial charge in [-0.1, -0.05) is 5.16 Å². The fourth-order valence-corrected chi connectivity index (χ4v) is 4.29. The minimum Gasteiger partial charge on any atom is -0.481 e. The molecule has 12 heteroatoms. The van der Waals surface area contributed by atoms with E-state index in [0.29, 0.717) is 18.7 Å². The van der Waals surface area contributed by atoms with Crippen molar-refractivity contribution in [2.24, 2.45) is 5.16 Å². The van der Waals surface area contributed by atoms with Gasteiger partial charge in [0.15, 0.2) is 0 Å². The van der Waals surface area contributed by atoms with Crippen molar-refractivity contribution in [3.8, 4) is 11.6 Å². The normalized spacial score (nSPS) is 15.4. The van der Waals surface area contributed by atoms with E-state index in [1.165, 1.54) is 11.4 Å². The Kier molecular flexibility index (Phi) is 7.01. The number of hydrogen-bond acceptors (Lipinski definition) is 7. The van der Waals surface area contributed by atoms with Crippen LogP contribution in [0, 0.1) is 0 Å². The third-order valence-electron chi connectivity index (χ3n) is 4.43. The van der Waals surface area contributed by atoms with Crippen LogP contribution in [0.3, 0.4) is 0 Å². The SMILES string of the molecule is COc1ccc(CON=C2CCN(S(=O)(=O)c3ccc(OC(F)(F)F)cc3)CC2)cn1. The van der Waals surface area contributed by atoms with Crippen molar-refractivity contribution in [2.75, 3.05) is 20.2 Å². The molecule has 2 heterocycles. The predicted octanol–water partition coefficient (Wildman–Crippen LogP) is 3.35. The van der Waals surface area contributed by atoms with Gasteiger partial charge in [0.05, 0.1) is 17.7 Å². The summed E-state index contributed by atoms with van der Waals surface area (Å²) >= 11 is 0. The van der Waals surface area contributed by atoms with Gasteiger partial charge in [-0.2, -0.15) is 4.31 Å². The maximum Gasteiger partial charge on any atom is 0.573 e. The zero-order chi connectivity index (χ0) is 22.5. The second-order valence-corrected chi connectivity index (χ2v) is 8.50. The lowest BCUT2D eigenvalue weighted by Crippen LogP contribution is -2.38. The second kappa shape index (κ2) is 9.52. The zero-order valence-corrected chi connectivity index (χ0v) is 17.3.